The molecule has 2 heterocycles. The van der Waals surface area contributed by atoms with Crippen LogP contribution in [0.25, 0.3) is 0 Å². The van der Waals surface area contributed by atoms with E-state index in [4.69, 9.17) is 9.47 Å². The second-order valence-electron chi connectivity index (χ2n) is 9.48. The number of amides is 2. The summed E-state index contributed by atoms with van der Waals surface area (Å²) in [4.78, 5) is 24.8. The van der Waals surface area contributed by atoms with Gasteiger partial charge in [-0.15, -0.1) is 8.78 Å². The van der Waals surface area contributed by atoms with Crippen molar-refractivity contribution in [1.82, 2.24) is 16.0 Å². The van der Waals surface area contributed by atoms with E-state index in [1.165, 1.54) is 18.2 Å². The van der Waals surface area contributed by atoms with Crippen LogP contribution in [-0.2, 0) is 14.3 Å². The smallest absolute Gasteiger partial charge is 0.484 e. The molecule has 2 unspecified atom stereocenters. The molecule has 0 aromatic heterocycles. The molecule has 3 N–H and O–H groups in total. The van der Waals surface area contributed by atoms with E-state index < -0.39 is 12.4 Å². The summed E-state index contributed by atoms with van der Waals surface area (Å²) < 4.78 is 46.1. The molecule has 1 aromatic carbocycles. The topological polar surface area (TPSA) is 107 Å². The highest BCUT2D eigenvalue weighted by Crippen LogP contribution is 2.60. The highest BCUT2D eigenvalue weighted by Gasteiger charge is 2.69. The number of nitrogens with one attached hydrogen (secondary N) is 3. The summed E-state index contributed by atoms with van der Waals surface area (Å²) in [5.74, 6) is 0.100. The Morgan fingerprint density at radius 3 is 2.56 bits per heavy atom. The van der Waals surface area contributed by atoms with Gasteiger partial charge in [0.25, 0.3) is 11.8 Å². The van der Waals surface area contributed by atoms with Gasteiger partial charge in [-0.1, -0.05) is 0 Å². The summed E-state index contributed by atoms with van der Waals surface area (Å²) in [5.41, 5.74) is -0.592. The number of alkyl halides is 2. The third-order valence-corrected chi connectivity index (χ3v) is 6.72. The Kier molecular flexibility index (Phi) is 4.17. The normalized spacial score (nSPS) is 35.4. The summed E-state index contributed by atoms with van der Waals surface area (Å²) in [5, 5.41) is 9.31. The van der Waals surface area contributed by atoms with E-state index in [1.54, 1.807) is 0 Å². The van der Waals surface area contributed by atoms with Crippen molar-refractivity contribution >= 4 is 11.8 Å². The van der Waals surface area contributed by atoms with Crippen molar-refractivity contribution in [3.63, 3.8) is 0 Å². The fraction of sp³-hybridized carbons (Fsp3) is 0.619. The quantitative estimate of drug-likeness (QED) is 0.568. The summed E-state index contributed by atoms with van der Waals surface area (Å²) in [7, 11) is 0. The molecule has 1 aromatic rings. The lowest BCUT2D eigenvalue weighted by Crippen LogP contribution is -2.84. The van der Waals surface area contributed by atoms with E-state index in [0.717, 1.165) is 12.8 Å². The number of carbonyl (C=O) groups excluding carboxylic acids is 2. The molecule has 32 heavy (non-hydrogen) atoms. The highest BCUT2D eigenvalue weighted by atomic mass is 19.3. The molecule has 2 amide bonds. The highest BCUT2D eigenvalue weighted by molar-refractivity contribution is 5.84. The van der Waals surface area contributed by atoms with Gasteiger partial charge >= 0.3 is 6.29 Å². The van der Waals surface area contributed by atoms with Crippen molar-refractivity contribution in [3.05, 3.63) is 18.2 Å². The van der Waals surface area contributed by atoms with E-state index in [9.17, 15) is 18.4 Å². The molecule has 7 rings (SSSR count). The molecule has 172 valence electrons. The zero-order valence-corrected chi connectivity index (χ0v) is 17.1. The second-order valence-corrected chi connectivity index (χ2v) is 9.48. The fourth-order valence-corrected chi connectivity index (χ4v) is 5.22. The first-order chi connectivity index (χ1) is 15.2. The molecule has 2 bridgehead atoms. The van der Waals surface area contributed by atoms with Gasteiger partial charge < -0.3 is 29.6 Å². The first-order valence-electron chi connectivity index (χ1n) is 10.8. The number of benzene rings is 1. The van der Waals surface area contributed by atoms with Crippen molar-refractivity contribution in [1.29, 1.82) is 0 Å². The van der Waals surface area contributed by atoms with Crippen molar-refractivity contribution in [2.75, 3.05) is 13.2 Å². The monoisotopic (exact) mass is 451 g/mol. The van der Waals surface area contributed by atoms with Gasteiger partial charge in [-0.05, 0) is 50.2 Å². The third-order valence-electron chi connectivity index (χ3n) is 6.72. The fourth-order valence-electron chi connectivity index (χ4n) is 5.22. The Balaban J connectivity index is 0.944. The standard InChI is InChI=1S/C21H23F2N3O6/c22-21(23)31-13-4-3-12(5-14(13)32-21)29-7-16(27)25-19-8-20(9-19,10-19)26-17(28)15-6-24-18(30-15)11-1-2-11/h3-5,11,15,18,24H,1-2,6-10H2,(H,25,27)(H,26,28). The Labute approximate surface area is 182 Å². The van der Waals surface area contributed by atoms with Crippen LogP contribution < -0.4 is 30.2 Å². The zero-order chi connectivity index (χ0) is 22.1. The summed E-state index contributed by atoms with van der Waals surface area (Å²) in [6, 6.07) is 3.98. The van der Waals surface area contributed by atoms with Crippen LogP contribution in [0.4, 0.5) is 8.78 Å². The minimum absolute atomic E-state index is 0.00865. The third kappa shape index (κ3) is 3.53. The van der Waals surface area contributed by atoms with Crippen LogP contribution in [-0.4, -0.2) is 54.7 Å². The van der Waals surface area contributed by atoms with Gasteiger partial charge in [0.2, 0.25) is 0 Å². The van der Waals surface area contributed by atoms with Gasteiger partial charge in [-0.25, -0.2) is 0 Å². The first-order valence-corrected chi connectivity index (χ1v) is 10.8. The number of rotatable bonds is 7. The number of fused-ring (bicyclic) bond motifs is 1. The van der Waals surface area contributed by atoms with E-state index in [-0.39, 0.29) is 53.0 Å². The van der Waals surface area contributed by atoms with Crippen LogP contribution in [0.2, 0.25) is 0 Å². The van der Waals surface area contributed by atoms with Gasteiger partial charge in [0.15, 0.2) is 24.2 Å². The number of hydrogen-bond acceptors (Lipinski definition) is 7. The maximum Gasteiger partial charge on any atom is 0.586 e. The molecule has 4 aliphatic carbocycles. The number of carbonyl (C=O) groups is 2. The van der Waals surface area contributed by atoms with Gasteiger partial charge in [0.05, 0.1) is 0 Å². The second kappa shape index (κ2) is 6.67. The zero-order valence-electron chi connectivity index (χ0n) is 17.1. The lowest BCUT2D eigenvalue weighted by molar-refractivity contribution is -0.286. The predicted octanol–water partition coefficient (Wildman–Crippen LogP) is 1.02. The Hall–Kier alpha value is -2.66. The molecule has 4 saturated carbocycles. The lowest BCUT2D eigenvalue weighted by atomic mass is 9.44. The molecule has 2 aliphatic heterocycles. The average Bonchev–Trinajstić information content (AvgIpc) is 3.31. The Bertz CT molecular complexity index is 965. The van der Waals surface area contributed by atoms with E-state index in [1.807, 2.05) is 0 Å². The summed E-state index contributed by atoms with van der Waals surface area (Å²) >= 11 is 0. The largest absolute Gasteiger partial charge is 0.586 e. The van der Waals surface area contributed by atoms with Crippen LogP contribution in [0.5, 0.6) is 17.2 Å². The van der Waals surface area contributed by atoms with Crippen molar-refractivity contribution in [2.45, 2.75) is 61.8 Å². The van der Waals surface area contributed by atoms with Crippen LogP contribution in [0.3, 0.4) is 0 Å². The Morgan fingerprint density at radius 2 is 1.81 bits per heavy atom. The molecule has 11 heteroatoms. The Morgan fingerprint density at radius 1 is 1.09 bits per heavy atom. The number of hydrogen-bond donors (Lipinski definition) is 3. The molecule has 6 aliphatic rings. The van der Waals surface area contributed by atoms with Crippen LogP contribution in [0, 0.1) is 5.92 Å². The van der Waals surface area contributed by atoms with Crippen LogP contribution in [0.1, 0.15) is 32.1 Å². The number of ether oxygens (including phenoxy) is 4. The molecule has 9 nitrogen and oxygen atoms in total. The molecular weight excluding hydrogens is 428 g/mol. The minimum atomic E-state index is -3.70. The first kappa shape index (κ1) is 20.0. The summed E-state index contributed by atoms with van der Waals surface area (Å²) in [6.45, 7) is 0.265. The van der Waals surface area contributed by atoms with Gasteiger partial charge in [0, 0.05) is 23.7 Å². The van der Waals surface area contributed by atoms with Crippen LogP contribution >= 0.6 is 0 Å². The van der Waals surface area contributed by atoms with Gasteiger partial charge in [-0.2, -0.15) is 0 Å². The van der Waals surface area contributed by atoms with E-state index in [0.29, 0.717) is 31.7 Å². The summed E-state index contributed by atoms with van der Waals surface area (Å²) in [6.07, 6.45) is 0.126. The minimum Gasteiger partial charge on any atom is -0.484 e. The van der Waals surface area contributed by atoms with Crippen molar-refractivity contribution in [2.24, 2.45) is 5.92 Å². The van der Waals surface area contributed by atoms with E-state index >= 15 is 0 Å². The molecule has 2 atom stereocenters. The van der Waals surface area contributed by atoms with Crippen molar-refractivity contribution in [3.8, 4) is 17.2 Å². The van der Waals surface area contributed by atoms with Gasteiger partial charge in [-0.3, -0.25) is 14.9 Å². The predicted molar refractivity (Wildman–Crippen MR) is 103 cm³/mol. The molecule has 1 saturated heterocycles. The van der Waals surface area contributed by atoms with E-state index in [2.05, 4.69) is 25.4 Å². The molecule has 0 radical (unpaired) electrons. The lowest BCUT2D eigenvalue weighted by Gasteiger charge is -2.70. The number of halogens is 2. The molecule has 0 spiro atoms. The van der Waals surface area contributed by atoms with Crippen LogP contribution in [0.15, 0.2) is 18.2 Å². The average molecular weight is 451 g/mol. The van der Waals surface area contributed by atoms with Crippen molar-refractivity contribution < 1.29 is 37.3 Å². The molecular formula is C21H23F2N3O6. The van der Waals surface area contributed by atoms with Gasteiger partial charge in [0.1, 0.15) is 12.0 Å². The molecule has 5 fully saturated rings. The maximum absolute atomic E-state index is 13.1. The maximum atomic E-state index is 13.1. The SMILES string of the molecule is O=C(COc1ccc2c(c1)OC(F)(F)O2)NC12CC(NC(=O)C3CNC(C4CC4)O3)(C1)C2.